The maximum Gasteiger partial charge on any atom is 0.0443 e. The van der Waals surface area contributed by atoms with E-state index in [2.05, 4.69) is 11.8 Å². The zero-order valence-corrected chi connectivity index (χ0v) is 25.0. The molecule has 0 radical (unpaired) electrons. The predicted octanol–water partition coefficient (Wildman–Crippen LogP) is 9.83. The average Bonchev–Trinajstić information content (AvgIpc) is 2.89. The number of hydrogen-bond acceptors (Lipinski definition) is 3. The van der Waals surface area contributed by atoms with Crippen LogP contribution in [0.15, 0.2) is 0 Å². The third-order valence-electron chi connectivity index (χ3n) is 7.84. The summed E-state index contributed by atoms with van der Waals surface area (Å²) in [4.78, 5) is 2.41. The normalized spacial score (nSPS) is 11.7. The highest BCUT2D eigenvalue weighted by molar-refractivity contribution is 4.59. The summed E-state index contributed by atoms with van der Waals surface area (Å²) >= 11 is 0. The molecule has 0 heterocycles. The van der Waals surface area contributed by atoms with Crippen LogP contribution in [-0.2, 0) is 0 Å². The van der Waals surface area contributed by atoms with Crippen molar-refractivity contribution in [3.05, 3.63) is 0 Å². The summed E-state index contributed by atoms with van der Waals surface area (Å²) in [6.45, 7) is 5.91. The van der Waals surface area contributed by atoms with E-state index in [0.717, 1.165) is 32.5 Å². The Labute approximate surface area is 228 Å². The van der Waals surface area contributed by atoms with Crippen molar-refractivity contribution >= 4 is 0 Å². The lowest BCUT2D eigenvalue weighted by Gasteiger charge is -2.21. The first-order valence-corrected chi connectivity index (χ1v) is 16.8. The molecule has 0 aliphatic heterocycles. The lowest BCUT2D eigenvalue weighted by molar-refractivity contribution is 0.199. The predicted molar refractivity (Wildman–Crippen MR) is 161 cm³/mol. The van der Waals surface area contributed by atoms with E-state index in [1.165, 1.54) is 161 Å². The molecular formula is C33H69NO2. The maximum atomic E-state index is 9.03. The van der Waals surface area contributed by atoms with E-state index < -0.39 is 0 Å². The number of unbranched alkanes of at least 4 members (excludes halogenated alkanes) is 24. The fourth-order valence-corrected chi connectivity index (χ4v) is 5.40. The Balaban J connectivity index is 3.17. The third-order valence-corrected chi connectivity index (χ3v) is 7.84. The molecule has 0 saturated heterocycles. The Morgan fingerprint density at radius 1 is 0.306 bits per heavy atom. The van der Waals surface area contributed by atoms with Crippen molar-refractivity contribution in [3.8, 4) is 0 Å². The van der Waals surface area contributed by atoms with Crippen LogP contribution in [0.3, 0.4) is 0 Å². The van der Waals surface area contributed by atoms with Crippen molar-refractivity contribution in [1.82, 2.24) is 4.90 Å². The Kier molecular flexibility index (Phi) is 32.8. The fraction of sp³-hybridized carbons (Fsp3) is 1.00. The Morgan fingerprint density at radius 2 is 0.528 bits per heavy atom. The monoisotopic (exact) mass is 512 g/mol. The number of aliphatic hydroxyl groups is 2. The summed E-state index contributed by atoms with van der Waals surface area (Å²) in [6.07, 6.45) is 37.6. The van der Waals surface area contributed by atoms with Gasteiger partial charge in [-0.15, -0.1) is 0 Å². The molecule has 0 aromatic carbocycles. The van der Waals surface area contributed by atoms with E-state index in [1.54, 1.807) is 0 Å². The van der Waals surface area contributed by atoms with Gasteiger partial charge < -0.3 is 15.1 Å². The van der Waals surface area contributed by atoms with Gasteiger partial charge in [0.1, 0.15) is 0 Å². The van der Waals surface area contributed by atoms with Crippen LogP contribution in [0.1, 0.15) is 180 Å². The zero-order valence-electron chi connectivity index (χ0n) is 25.0. The second kappa shape index (κ2) is 32.9. The number of nitrogens with zero attached hydrogens (tertiary/aromatic N) is 1. The van der Waals surface area contributed by atoms with Gasteiger partial charge in [-0.3, -0.25) is 0 Å². The minimum absolute atomic E-state index is 0.273. The van der Waals surface area contributed by atoms with E-state index in [-0.39, 0.29) is 13.2 Å². The first-order valence-electron chi connectivity index (χ1n) is 16.8. The zero-order chi connectivity index (χ0) is 26.2. The molecule has 3 heteroatoms. The van der Waals surface area contributed by atoms with E-state index in [9.17, 15) is 0 Å². The molecule has 0 fully saturated rings. The van der Waals surface area contributed by atoms with Crippen LogP contribution in [0, 0.1) is 0 Å². The molecule has 0 aromatic rings. The second-order valence-electron chi connectivity index (χ2n) is 11.5. The molecule has 0 saturated carbocycles. The van der Waals surface area contributed by atoms with Crippen molar-refractivity contribution in [2.24, 2.45) is 0 Å². The van der Waals surface area contributed by atoms with Gasteiger partial charge in [-0.1, -0.05) is 161 Å². The topological polar surface area (TPSA) is 43.7 Å². The largest absolute Gasteiger partial charge is 0.396 e. The fourth-order valence-electron chi connectivity index (χ4n) is 5.40. The van der Waals surface area contributed by atoms with Crippen LogP contribution in [-0.4, -0.2) is 48.0 Å². The van der Waals surface area contributed by atoms with Crippen LogP contribution in [0.5, 0.6) is 0 Å². The summed E-state index contributed by atoms with van der Waals surface area (Å²) in [5, 5.41) is 18.1. The van der Waals surface area contributed by atoms with E-state index in [4.69, 9.17) is 10.2 Å². The molecule has 0 aromatic heterocycles. The molecule has 0 spiro atoms. The van der Waals surface area contributed by atoms with Crippen LogP contribution >= 0.6 is 0 Å². The van der Waals surface area contributed by atoms with Gasteiger partial charge in [0.2, 0.25) is 0 Å². The van der Waals surface area contributed by atoms with Gasteiger partial charge in [-0.05, 0) is 25.8 Å². The van der Waals surface area contributed by atoms with Crippen LogP contribution in [0.4, 0.5) is 0 Å². The van der Waals surface area contributed by atoms with Crippen LogP contribution in [0.25, 0.3) is 0 Å². The van der Waals surface area contributed by atoms with Gasteiger partial charge in [-0.25, -0.2) is 0 Å². The standard InChI is InChI=1S/C33H69NO2/c1-2-3-4-5-6-7-8-9-10-11-12-13-14-15-16-17-18-19-20-21-22-23-24-25-26-29-34(30-27-32-35)31-28-33-36/h35-36H,2-33H2,1H3. The van der Waals surface area contributed by atoms with Crippen LogP contribution < -0.4 is 0 Å². The summed E-state index contributed by atoms with van der Waals surface area (Å²) in [5.74, 6) is 0. The van der Waals surface area contributed by atoms with Gasteiger partial charge in [-0.2, -0.15) is 0 Å². The average molecular weight is 512 g/mol. The summed E-state index contributed by atoms with van der Waals surface area (Å²) in [6, 6.07) is 0. The van der Waals surface area contributed by atoms with Gasteiger partial charge in [0, 0.05) is 26.3 Å². The molecule has 2 N–H and O–H groups in total. The molecular weight excluding hydrogens is 442 g/mol. The molecule has 0 amide bonds. The molecule has 0 aliphatic rings. The lowest BCUT2D eigenvalue weighted by Crippen LogP contribution is -2.28. The molecule has 36 heavy (non-hydrogen) atoms. The number of hydrogen-bond donors (Lipinski definition) is 2. The minimum Gasteiger partial charge on any atom is -0.396 e. The Morgan fingerprint density at radius 3 is 0.778 bits per heavy atom. The molecule has 0 aliphatic carbocycles. The van der Waals surface area contributed by atoms with E-state index in [1.807, 2.05) is 0 Å². The third kappa shape index (κ3) is 30.1. The van der Waals surface area contributed by atoms with E-state index >= 15 is 0 Å². The molecule has 0 unspecified atom stereocenters. The van der Waals surface area contributed by atoms with Gasteiger partial charge >= 0.3 is 0 Å². The highest BCUT2D eigenvalue weighted by Gasteiger charge is 2.04. The smallest absolute Gasteiger partial charge is 0.0443 e. The second-order valence-corrected chi connectivity index (χ2v) is 11.5. The molecule has 0 atom stereocenters. The molecule has 3 nitrogen and oxygen atoms in total. The van der Waals surface area contributed by atoms with Crippen molar-refractivity contribution in [2.75, 3.05) is 32.8 Å². The number of rotatable bonds is 32. The maximum absolute atomic E-state index is 9.03. The molecule has 0 bridgehead atoms. The number of aliphatic hydroxyl groups excluding tert-OH is 2. The van der Waals surface area contributed by atoms with Gasteiger partial charge in [0.25, 0.3) is 0 Å². The highest BCUT2D eigenvalue weighted by atomic mass is 16.3. The Bertz CT molecular complexity index is 369. The first kappa shape index (κ1) is 35.9. The van der Waals surface area contributed by atoms with Crippen molar-refractivity contribution in [3.63, 3.8) is 0 Å². The van der Waals surface area contributed by atoms with Crippen molar-refractivity contribution in [1.29, 1.82) is 0 Å². The minimum atomic E-state index is 0.273. The van der Waals surface area contributed by atoms with Crippen LogP contribution in [0.2, 0.25) is 0 Å². The summed E-state index contributed by atoms with van der Waals surface area (Å²) < 4.78 is 0. The summed E-state index contributed by atoms with van der Waals surface area (Å²) in [5.41, 5.74) is 0. The molecule has 218 valence electrons. The summed E-state index contributed by atoms with van der Waals surface area (Å²) in [7, 11) is 0. The lowest BCUT2D eigenvalue weighted by atomic mass is 10.0. The van der Waals surface area contributed by atoms with Gasteiger partial charge in [0.05, 0.1) is 0 Å². The van der Waals surface area contributed by atoms with E-state index in [0.29, 0.717) is 0 Å². The van der Waals surface area contributed by atoms with Gasteiger partial charge in [0.15, 0.2) is 0 Å². The van der Waals surface area contributed by atoms with Crippen molar-refractivity contribution < 1.29 is 10.2 Å². The molecule has 0 rings (SSSR count). The quantitative estimate of drug-likeness (QED) is 0.0883. The highest BCUT2D eigenvalue weighted by Crippen LogP contribution is 2.16. The SMILES string of the molecule is CCCCCCCCCCCCCCCCCCCCCCCCCCCN(CCCO)CCCO. The Hall–Kier alpha value is -0.120. The first-order chi connectivity index (χ1) is 17.8. The van der Waals surface area contributed by atoms with Crippen molar-refractivity contribution in [2.45, 2.75) is 180 Å².